The molecule has 1 aliphatic heterocycles. The van der Waals surface area contributed by atoms with Crippen molar-refractivity contribution >= 4 is 21.6 Å². The molecular weight excluding hydrogens is 282 g/mol. The average molecular weight is 303 g/mol. The maximum absolute atomic E-state index is 12.8. The van der Waals surface area contributed by atoms with Gasteiger partial charge in [0.05, 0.1) is 12.1 Å². The van der Waals surface area contributed by atoms with Crippen molar-refractivity contribution < 1.29 is 0 Å². The third kappa shape index (κ3) is 2.42. The first-order valence-electron chi connectivity index (χ1n) is 8.05. The number of nitrogens with zero attached hydrogens (tertiary/aromatic N) is 3. The Bertz CT molecular complexity index is 712. The van der Waals surface area contributed by atoms with Crippen LogP contribution in [0, 0.1) is 0 Å². The fraction of sp³-hybridized carbons (Fsp3) is 0.625. The SMILES string of the molecule is O=c1c2c3c(sc2ncn1CN1CCCCC1)CCCC3. The Morgan fingerprint density at radius 2 is 1.90 bits per heavy atom. The zero-order chi connectivity index (χ0) is 14.2. The molecule has 5 heteroatoms. The molecule has 0 atom stereocenters. The molecule has 0 bridgehead atoms. The van der Waals surface area contributed by atoms with E-state index in [1.165, 1.54) is 42.5 Å². The first kappa shape index (κ1) is 13.5. The molecule has 0 amide bonds. The van der Waals surface area contributed by atoms with Gasteiger partial charge in [-0.25, -0.2) is 4.98 Å². The van der Waals surface area contributed by atoms with E-state index in [4.69, 9.17) is 0 Å². The first-order chi connectivity index (χ1) is 10.3. The van der Waals surface area contributed by atoms with Crippen molar-refractivity contribution in [1.29, 1.82) is 0 Å². The highest BCUT2D eigenvalue weighted by Crippen LogP contribution is 2.33. The number of likely N-dealkylation sites (tertiary alicyclic amines) is 1. The molecule has 2 aromatic heterocycles. The zero-order valence-electron chi connectivity index (χ0n) is 12.3. The van der Waals surface area contributed by atoms with Crippen LogP contribution in [0.2, 0.25) is 0 Å². The lowest BCUT2D eigenvalue weighted by Crippen LogP contribution is -2.35. The molecule has 1 aliphatic carbocycles. The highest BCUT2D eigenvalue weighted by molar-refractivity contribution is 7.18. The molecule has 0 saturated carbocycles. The van der Waals surface area contributed by atoms with Crippen LogP contribution in [0.25, 0.3) is 10.2 Å². The van der Waals surface area contributed by atoms with Crippen LogP contribution in [-0.4, -0.2) is 27.5 Å². The van der Waals surface area contributed by atoms with Gasteiger partial charge in [0.25, 0.3) is 5.56 Å². The van der Waals surface area contributed by atoms with Gasteiger partial charge in [0.15, 0.2) is 0 Å². The van der Waals surface area contributed by atoms with Gasteiger partial charge in [0.2, 0.25) is 0 Å². The summed E-state index contributed by atoms with van der Waals surface area (Å²) in [5, 5.41) is 0.911. The van der Waals surface area contributed by atoms with Gasteiger partial charge in [-0.15, -0.1) is 11.3 Å². The van der Waals surface area contributed by atoms with Crippen LogP contribution in [-0.2, 0) is 19.5 Å². The Morgan fingerprint density at radius 1 is 1.10 bits per heavy atom. The Morgan fingerprint density at radius 3 is 2.76 bits per heavy atom. The molecule has 112 valence electrons. The van der Waals surface area contributed by atoms with Crippen LogP contribution in [0.15, 0.2) is 11.1 Å². The quantitative estimate of drug-likeness (QED) is 0.856. The van der Waals surface area contributed by atoms with Crippen LogP contribution in [0.1, 0.15) is 42.5 Å². The van der Waals surface area contributed by atoms with E-state index >= 15 is 0 Å². The minimum Gasteiger partial charge on any atom is -0.286 e. The lowest BCUT2D eigenvalue weighted by atomic mass is 9.97. The summed E-state index contributed by atoms with van der Waals surface area (Å²) < 4.78 is 1.81. The number of fused-ring (bicyclic) bond motifs is 3. The number of aryl methyl sites for hydroxylation is 2. The lowest BCUT2D eigenvalue weighted by Gasteiger charge is -2.26. The summed E-state index contributed by atoms with van der Waals surface area (Å²) in [6.07, 6.45) is 10.2. The third-order valence-electron chi connectivity index (χ3n) is 4.74. The molecule has 1 saturated heterocycles. The molecular formula is C16H21N3OS. The zero-order valence-corrected chi connectivity index (χ0v) is 13.1. The summed E-state index contributed by atoms with van der Waals surface area (Å²) >= 11 is 1.73. The van der Waals surface area contributed by atoms with Crippen molar-refractivity contribution in [2.75, 3.05) is 13.1 Å². The number of hydrogen-bond acceptors (Lipinski definition) is 4. The Balaban J connectivity index is 1.73. The van der Waals surface area contributed by atoms with Crippen molar-refractivity contribution in [3.05, 3.63) is 27.1 Å². The van der Waals surface area contributed by atoms with Crippen molar-refractivity contribution in [1.82, 2.24) is 14.5 Å². The van der Waals surface area contributed by atoms with Gasteiger partial charge in [0, 0.05) is 4.88 Å². The molecule has 0 spiro atoms. The number of piperidine rings is 1. The minimum atomic E-state index is 0.171. The third-order valence-corrected chi connectivity index (χ3v) is 5.94. The summed E-state index contributed by atoms with van der Waals surface area (Å²) in [7, 11) is 0. The van der Waals surface area contributed by atoms with Gasteiger partial charge in [-0.3, -0.25) is 14.3 Å². The van der Waals surface area contributed by atoms with Crippen LogP contribution in [0.3, 0.4) is 0 Å². The number of thiophene rings is 1. The predicted molar refractivity (Wildman–Crippen MR) is 85.9 cm³/mol. The molecule has 0 unspecified atom stereocenters. The molecule has 2 aliphatic rings. The molecule has 2 aromatic rings. The standard InChI is InChI=1S/C16H21N3OS/c20-16-14-12-6-2-3-7-13(12)21-15(14)17-10-19(16)11-18-8-4-1-5-9-18/h10H,1-9,11H2. The van der Waals surface area contributed by atoms with Crippen LogP contribution in [0.5, 0.6) is 0 Å². The highest BCUT2D eigenvalue weighted by Gasteiger charge is 2.20. The molecule has 4 rings (SSSR count). The molecule has 0 N–H and O–H groups in total. The maximum atomic E-state index is 12.8. The van der Waals surface area contributed by atoms with Crippen molar-refractivity contribution in [3.63, 3.8) is 0 Å². The number of hydrogen-bond donors (Lipinski definition) is 0. The van der Waals surface area contributed by atoms with E-state index in [1.54, 1.807) is 17.7 Å². The molecule has 0 radical (unpaired) electrons. The van der Waals surface area contributed by atoms with Gasteiger partial charge in [-0.1, -0.05) is 6.42 Å². The van der Waals surface area contributed by atoms with Crippen molar-refractivity contribution in [2.45, 2.75) is 51.6 Å². The van der Waals surface area contributed by atoms with E-state index in [2.05, 4.69) is 9.88 Å². The van der Waals surface area contributed by atoms with E-state index in [0.29, 0.717) is 6.67 Å². The van der Waals surface area contributed by atoms with Crippen molar-refractivity contribution in [3.8, 4) is 0 Å². The number of rotatable bonds is 2. The summed E-state index contributed by atoms with van der Waals surface area (Å²) in [5.41, 5.74) is 1.47. The fourth-order valence-corrected chi connectivity index (χ4v) is 4.82. The summed E-state index contributed by atoms with van der Waals surface area (Å²) in [6.45, 7) is 2.91. The Labute approximate surface area is 128 Å². The van der Waals surface area contributed by atoms with Crippen LogP contribution in [0.4, 0.5) is 0 Å². The van der Waals surface area contributed by atoms with Gasteiger partial charge in [-0.05, 0) is 57.2 Å². The summed E-state index contributed by atoms with van der Waals surface area (Å²) in [5.74, 6) is 0. The largest absolute Gasteiger partial charge is 0.286 e. The summed E-state index contributed by atoms with van der Waals surface area (Å²) in [6, 6.07) is 0. The molecule has 21 heavy (non-hydrogen) atoms. The van der Waals surface area contributed by atoms with Gasteiger partial charge in [-0.2, -0.15) is 0 Å². The molecule has 1 fully saturated rings. The van der Waals surface area contributed by atoms with Gasteiger partial charge in [0.1, 0.15) is 11.2 Å². The van der Waals surface area contributed by atoms with E-state index in [-0.39, 0.29) is 5.56 Å². The smallest absolute Gasteiger partial charge is 0.263 e. The minimum absolute atomic E-state index is 0.171. The predicted octanol–water partition coefficient (Wildman–Crippen LogP) is 2.78. The van der Waals surface area contributed by atoms with E-state index in [1.807, 2.05) is 4.57 Å². The van der Waals surface area contributed by atoms with Gasteiger partial charge >= 0.3 is 0 Å². The summed E-state index contributed by atoms with van der Waals surface area (Å²) in [4.78, 5) is 22.1. The first-order valence-corrected chi connectivity index (χ1v) is 8.86. The second kappa shape index (κ2) is 5.54. The maximum Gasteiger partial charge on any atom is 0.263 e. The van der Waals surface area contributed by atoms with Crippen LogP contribution < -0.4 is 5.56 Å². The van der Waals surface area contributed by atoms with Gasteiger partial charge < -0.3 is 0 Å². The second-order valence-electron chi connectivity index (χ2n) is 6.23. The van der Waals surface area contributed by atoms with E-state index in [0.717, 1.165) is 36.1 Å². The lowest BCUT2D eigenvalue weighted by molar-refractivity contribution is 0.179. The Hall–Kier alpha value is -1.20. The van der Waals surface area contributed by atoms with E-state index in [9.17, 15) is 4.79 Å². The van der Waals surface area contributed by atoms with Crippen LogP contribution >= 0.6 is 11.3 Å². The molecule has 0 aromatic carbocycles. The molecule has 3 heterocycles. The molecule has 4 nitrogen and oxygen atoms in total. The van der Waals surface area contributed by atoms with Crippen molar-refractivity contribution in [2.24, 2.45) is 0 Å². The number of aromatic nitrogens is 2. The normalized spacial score (nSPS) is 19.8. The van der Waals surface area contributed by atoms with E-state index < -0.39 is 0 Å². The fourth-order valence-electron chi connectivity index (χ4n) is 3.60. The highest BCUT2D eigenvalue weighted by atomic mass is 32.1. The monoisotopic (exact) mass is 303 g/mol. The Kier molecular flexibility index (Phi) is 3.55. The second-order valence-corrected chi connectivity index (χ2v) is 7.31. The topological polar surface area (TPSA) is 38.1 Å². The average Bonchev–Trinajstić information content (AvgIpc) is 2.90.